The first kappa shape index (κ1) is 30.7. The Morgan fingerprint density at radius 2 is 1.63 bits per heavy atom. The standard InChI is InChI=1S/C19H26F2N4OS.C6H10F2.C3H6/c1-18(2,3)27-23-11-16-24-14-5-4-12(6-15(14)25-16)10-22-17(26)7-13-8-19(20,21)9-13;7-6(8)4-2-1-3-5-6;1-2-3-1/h4-6,13,23H,7-11H2,1-3H3,(H,22,26)(H,24,25);1-5H2;1-3H2. The Balaban J connectivity index is 0.000000299. The number of rotatable bonds is 7. The molecule has 10 heteroatoms. The quantitative estimate of drug-likeness (QED) is 0.239. The van der Waals surface area contributed by atoms with Crippen molar-refractivity contribution in [3.05, 3.63) is 29.6 Å². The van der Waals surface area contributed by atoms with Gasteiger partial charge in [-0.2, -0.15) is 0 Å². The monoisotopic (exact) mass is 558 g/mol. The van der Waals surface area contributed by atoms with Gasteiger partial charge in [0.1, 0.15) is 5.82 Å². The maximum absolute atomic E-state index is 12.8. The number of fused-ring (bicyclic) bond motifs is 1. The lowest BCUT2D eigenvalue weighted by Crippen LogP contribution is -2.38. The molecule has 0 bridgehead atoms. The molecule has 1 heterocycles. The predicted octanol–water partition coefficient (Wildman–Crippen LogP) is 7.91. The molecule has 1 amide bonds. The number of imidazole rings is 1. The maximum atomic E-state index is 12.8. The summed E-state index contributed by atoms with van der Waals surface area (Å²) in [4.78, 5) is 19.7. The van der Waals surface area contributed by atoms with Gasteiger partial charge in [0, 0.05) is 43.4 Å². The fraction of sp³-hybridized carbons (Fsp3) is 0.714. The Kier molecular flexibility index (Phi) is 10.9. The van der Waals surface area contributed by atoms with E-state index in [1.807, 2.05) is 18.2 Å². The molecule has 38 heavy (non-hydrogen) atoms. The summed E-state index contributed by atoms with van der Waals surface area (Å²) in [6.07, 6.45) is 6.98. The number of hydrogen-bond acceptors (Lipinski definition) is 4. The van der Waals surface area contributed by atoms with Crippen molar-refractivity contribution in [2.45, 2.75) is 121 Å². The van der Waals surface area contributed by atoms with Crippen molar-refractivity contribution in [1.82, 2.24) is 20.0 Å². The Bertz CT molecular complexity index is 1020. The van der Waals surface area contributed by atoms with E-state index in [1.165, 1.54) is 19.3 Å². The molecule has 0 aliphatic heterocycles. The van der Waals surface area contributed by atoms with E-state index in [0.29, 0.717) is 25.9 Å². The van der Waals surface area contributed by atoms with Gasteiger partial charge in [0.15, 0.2) is 0 Å². The summed E-state index contributed by atoms with van der Waals surface area (Å²) in [6.45, 7) is 7.43. The molecule has 2 aromatic rings. The van der Waals surface area contributed by atoms with Gasteiger partial charge in [0.2, 0.25) is 17.8 Å². The van der Waals surface area contributed by atoms with Crippen molar-refractivity contribution in [1.29, 1.82) is 0 Å². The van der Waals surface area contributed by atoms with Crippen LogP contribution < -0.4 is 10.0 Å². The second kappa shape index (κ2) is 13.5. The number of nitrogens with zero attached hydrogens (tertiary/aromatic N) is 1. The van der Waals surface area contributed by atoms with Crippen molar-refractivity contribution in [2.75, 3.05) is 0 Å². The number of aromatic nitrogens is 2. The van der Waals surface area contributed by atoms with Crippen molar-refractivity contribution < 1.29 is 22.4 Å². The molecule has 0 atom stereocenters. The third-order valence-corrected chi connectivity index (χ3v) is 7.19. The van der Waals surface area contributed by atoms with E-state index in [0.717, 1.165) is 28.8 Å². The van der Waals surface area contributed by atoms with Gasteiger partial charge >= 0.3 is 0 Å². The summed E-state index contributed by atoms with van der Waals surface area (Å²) in [7, 11) is 0. The minimum absolute atomic E-state index is 0.118. The zero-order chi connectivity index (χ0) is 27.8. The van der Waals surface area contributed by atoms with E-state index >= 15 is 0 Å². The summed E-state index contributed by atoms with van der Waals surface area (Å²) in [5.41, 5.74) is 2.74. The van der Waals surface area contributed by atoms with Crippen LogP contribution in [-0.2, 0) is 17.9 Å². The lowest BCUT2D eigenvalue weighted by molar-refractivity contribution is -0.133. The molecule has 3 saturated carbocycles. The zero-order valence-corrected chi connectivity index (χ0v) is 23.6. The van der Waals surface area contributed by atoms with Crippen LogP contribution in [0.2, 0.25) is 0 Å². The summed E-state index contributed by atoms with van der Waals surface area (Å²) < 4.78 is 53.5. The van der Waals surface area contributed by atoms with Gasteiger partial charge in [0.25, 0.3) is 0 Å². The van der Waals surface area contributed by atoms with Gasteiger partial charge in [-0.25, -0.2) is 22.5 Å². The number of nitrogens with one attached hydrogen (secondary N) is 3. The van der Waals surface area contributed by atoms with E-state index in [4.69, 9.17) is 0 Å². The summed E-state index contributed by atoms with van der Waals surface area (Å²) in [6, 6.07) is 5.79. The molecule has 214 valence electrons. The molecule has 0 unspecified atom stereocenters. The molecular formula is C28H42F4N4OS. The molecule has 1 aromatic heterocycles. The van der Waals surface area contributed by atoms with Gasteiger partial charge in [0.05, 0.1) is 17.6 Å². The number of H-pyrrole nitrogens is 1. The Hall–Kier alpha value is -1.81. The first-order valence-electron chi connectivity index (χ1n) is 13.7. The fourth-order valence-corrected chi connectivity index (χ4v) is 4.80. The van der Waals surface area contributed by atoms with Crippen LogP contribution in [0.3, 0.4) is 0 Å². The molecule has 3 aliphatic carbocycles. The minimum Gasteiger partial charge on any atom is -0.352 e. The number of halogens is 4. The number of hydrogen-bond donors (Lipinski definition) is 3. The Morgan fingerprint density at radius 1 is 1.00 bits per heavy atom. The highest BCUT2D eigenvalue weighted by Gasteiger charge is 2.45. The molecule has 3 fully saturated rings. The second-order valence-electron chi connectivity index (χ2n) is 11.7. The SMILES string of the molecule is C1CC1.CC(C)(C)SNCc1nc2ccc(CNC(=O)CC3CC(F)(F)C3)cc2[nH]1.FC1(F)CCCCC1. The highest BCUT2D eigenvalue weighted by molar-refractivity contribution is 7.98. The van der Waals surface area contributed by atoms with Crippen LogP contribution in [0.4, 0.5) is 17.6 Å². The summed E-state index contributed by atoms with van der Waals surface area (Å²) in [5, 5.41) is 2.81. The molecule has 0 saturated heterocycles. The smallest absolute Gasteiger partial charge is 0.248 e. The molecule has 5 nitrogen and oxygen atoms in total. The van der Waals surface area contributed by atoms with E-state index in [1.54, 1.807) is 11.9 Å². The zero-order valence-electron chi connectivity index (χ0n) is 22.8. The van der Waals surface area contributed by atoms with E-state index in [-0.39, 0.29) is 48.7 Å². The molecule has 1 aromatic carbocycles. The van der Waals surface area contributed by atoms with Gasteiger partial charge in [-0.15, -0.1) is 0 Å². The van der Waals surface area contributed by atoms with Crippen molar-refractivity contribution in [3.63, 3.8) is 0 Å². The first-order valence-corrected chi connectivity index (χ1v) is 14.5. The van der Waals surface area contributed by atoms with Gasteiger partial charge in [-0.05, 0) is 57.2 Å². The predicted molar refractivity (Wildman–Crippen MR) is 146 cm³/mol. The van der Waals surface area contributed by atoms with Crippen molar-refractivity contribution in [2.24, 2.45) is 5.92 Å². The topological polar surface area (TPSA) is 69.8 Å². The van der Waals surface area contributed by atoms with Crippen molar-refractivity contribution >= 4 is 28.9 Å². The van der Waals surface area contributed by atoms with Crippen LogP contribution in [0.5, 0.6) is 0 Å². The van der Waals surface area contributed by atoms with Crippen LogP contribution in [0, 0.1) is 5.92 Å². The first-order chi connectivity index (χ1) is 17.8. The third kappa shape index (κ3) is 11.9. The third-order valence-electron chi connectivity index (χ3n) is 6.29. The number of carbonyl (C=O) groups is 1. The number of aromatic amines is 1. The molecule has 0 radical (unpaired) electrons. The highest BCUT2D eigenvalue weighted by atomic mass is 32.2. The normalized spacial score (nSPS) is 19.9. The molecule has 0 spiro atoms. The number of amides is 1. The number of alkyl halides is 4. The molecular weight excluding hydrogens is 516 g/mol. The van der Waals surface area contributed by atoms with Gasteiger partial charge in [-0.3, -0.25) is 9.52 Å². The Morgan fingerprint density at radius 3 is 2.16 bits per heavy atom. The lowest BCUT2D eigenvalue weighted by Gasteiger charge is -2.34. The Labute approximate surface area is 227 Å². The van der Waals surface area contributed by atoms with E-state index in [2.05, 4.69) is 40.8 Å². The van der Waals surface area contributed by atoms with E-state index < -0.39 is 11.8 Å². The van der Waals surface area contributed by atoms with Gasteiger partial charge in [-0.1, -0.05) is 43.7 Å². The maximum Gasteiger partial charge on any atom is 0.248 e. The number of carbonyl (C=O) groups excluding carboxylic acids is 1. The average Bonchev–Trinajstić information content (AvgIpc) is 3.62. The van der Waals surface area contributed by atoms with Crippen LogP contribution in [0.15, 0.2) is 18.2 Å². The van der Waals surface area contributed by atoms with Crippen LogP contribution in [0.25, 0.3) is 11.0 Å². The van der Waals surface area contributed by atoms with Crippen molar-refractivity contribution in [3.8, 4) is 0 Å². The van der Waals surface area contributed by atoms with Crippen LogP contribution in [0.1, 0.15) is 103 Å². The van der Waals surface area contributed by atoms with Gasteiger partial charge < -0.3 is 10.3 Å². The van der Waals surface area contributed by atoms with Crippen LogP contribution in [-0.4, -0.2) is 32.5 Å². The molecule has 5 rings (SSSR count). The minimum atomic E-state index is -2.57. The van der Waals surface area contributed by atoms with E-state index in [9.17, 15) is 22.4 Å². The van der Waals surface area contributed by atoms with Crippen LogP contribution >= 0.6 is 11.9 Å². The fourth-order valence-electron chi connectivity index (χ4n) is 4.16. The number of benzene rings is 1. The molecule has 3 N–H and O–H groups in total. The molecule has 3 aliphatic rings. The lowest BCUT2D eigenvalue weighted by atomic mass is 9.79. The highest BCUT2D eigenvalue weighted by Crippen LogP contribution is 2.43. The second-order valence-corrected chi connectivity index (χ2v) is 13.4. The summed E-state index contributed by atoms with van der Waals surface area (Å²) in [5.74, 6) is -4.42. The summed E-state index contributed by atoms with van der Waals surface area (Å²) >= 11 is 1.66. The largest absolute Gasteiger partial charge is 0.352 e. The average molecular weight is 559 g/mol.